The van der Waals surface area contributed by atoms with Crippen molar-refractivity contribution in [1.82, 2.24) is 29.6 Å². The highest BCUT2D eigenvalue weighted by atomic mass is 19.1. The Kier molecular flexibility index (Phi) is 7.93. The van der Waals surface area contributed by atoms with E-state index in [1.807, 2.05) is 78.1 Å². The highest BCUT2D eigenvalue weighted by Crippen LogP contribution is 2.32. The van der Waals surface area contributed by atoms with Gasteiger partial charge in [-0.3, -0.25) is 9.20 Å². The maximum atomic E-state index is 13.7. The third-order valence-electron chi connectivity index (χ3n) is 6.37. The first-order chi connectivity index (χ1) is 19.4. The topological polar surface area (TPSA) is 87.4 Å². The quantitative estimate of drug-likeness (QED) is 0.254. The number of imidazole rings is 1. The van der Waals surface area contributed by atoms with Crippen LogP contribution in [0.25, 0.3) is 34.0 Å². The molecule has 0 aliphatic rings. The number of hydrogen-bond acceptors (Lipinski definition) is 6. The normalized spacial score (nSPS) is 11.1. The molecule has 0 aliphatic carbocycles. The fourth-order valence-corrected chi connectivity index (χ4v) is 4.26. The van der Waals surface area contributed by atoms with Gasteiger partial charge in [-0.25, -0.2) is 19.3 Å². The molecule has 5 rings (SSSR count). The van der Waals surface area contributed by atoms with Gasteiger partial charge in [0.25, 0.3) is 0 Å². The molecule has 0 atom stereocenters. The van der Waals surface area contributed by atoms with E-state index in [-0.39, 0.29) is 11.7 Å². The van der Waals surface area contributed by atoms with Crippen LogP contribution < -0.4 is 10.6 Å². The average Bonchev–Trinajstić information content (AvgIpc) is 3.34. The van der Waals surface area contributed by atoms with Crippen molar-refractivity contribution in [1.29, 1.82) is 0 Å². The minimum atomic E-state index is -0.325. The Morgan fingerprint density at radius 2 is 1.80 bits per heavy atom. The average molecular weight is 536 g/mol. The zero-order valence-electron chi connectivity index (χ0n) is 22.4. The Morgan fingerprint density at radius 1 is 1.02 bits per heavy atom. The number of amides is 1. The minimum absolute atomic E-state index is 0.0114. The van der Waals surface area contributed by atoms with Gasteiger partial charge in [-0.2, -0.15) is 0 Å². The van der Waals surface area contributed by atoms with Crippen LogP contribution >= 0.6 is 0 Å². The molecule has 0 unspecified atom stereocenters. The smallest absolute Gasteiger partial charge is 0.227 e. The summed E-state index contributed by atoms with van der Waals surface area (Å²) in [5, 5.41) is 6.16. The van der Waals surface area contributed by atoms with Crippen molar-refractivity contribution in [3.8, 4) is 22.6 Å². The van der Waals surface area contributed by atoms with E-state index in [9.17, 15) is 9.18 Å². The third-order valence-corrected chi connectivity index (χ3v) is 6.37. The molecule has 40 heavy (non-hydrogen) atoms. The number of nitrogens with zero attached hydrogens (tertiary/aromatic N) is 5. The van der Waals surface area contributed by atoms with E-state index in [0.717, 1.165) is 22.4 Å². The minimum Gasteiger partial charge on any atom is -0.352 e. The molecule has 0 saturated carbocycles. The Bertz CT molecular complexity index is 1650. The van der Waals surface area contributed by atoms with E-state index in [2.05, 4.69) is 22.2 Å². The lowest BCUT2D eigenvalue weighted by Gasteiger charge is -2.11. The lowest BCUT2D eigenvalue weighted by atomic mass is 10.1. The first kappa shape index (κ1) is 26.7. The first-order valence-electron chi connectivity index (χ1n) is 12.9. The molecule has 2 N–H and O–H groups in total. The van der Waals surface area contributed by atoms with Crippen molar-refractivity contribution in [2.24, 2.45) is 0 Å². The summed E-state index contributed by atoms with van der Waals surface area (Å²) in [6.45, 7) is 5.19. The molecule has 202 valence electrons. The Balaban J connectivity index is 1.49. The summed E-state index contributed by atoms with van der Waals surface area (Å²) >= 11 is 0. The molecule has 0 saturated heterocycles. The lowest BCUT2D eigenvalue weighted by Crippen LogP contribution is -2.26. The predicted octanol–water partition coefficient (Wildman–Crippen LogP) is 5.25. The van der Waals surface area contributed by atoms with E-state index < -0.39 is 0 Å². The molecule has 0 aliphatic heterocycles. The van der Waals surface area contributed by atoms with E-state index in [0.29, 0.717) is 48.2 Å². The van der Waals surface area contributed by atoms with Gasteiger partial charge in [0.1, 0.15) is 11.5 Å². The Morgan fingerprint density at radius 3 is 2.55 bits per heavy atom. The van der Waals surface area contributed by atoms with Gasteiger partial charge in [0.15, 0.2) is 0 Å². The number of aromatic nitrogens is 4. The van der Waals surface area contributed by atoms with Crippen LogP contribution in [-0.2, 0) is 11.3 Å². The van der Waals surface area contributed by atoms with E-state index in [4.69, 9.17) is 9.97 Å². The maximum absolute atomic E-state index is 13.7. The fourth-order valence-electron chi connectivity index (χ4n) is 4.26. The summed E-state index contributed by atoms with van der Waals surface area (Å²) < 4.78 is 15.7. The molecule has 3 heterocycles. The van der Waals surface area contributed by atoms with Gasteiger partial charge in [-0.1, -0.05) is 36.9 Å². The summed E-state index contributed by atoms with van der Waals surface area (Å²) in [6, 6.07) is 21.6. The SMILES string of the molecule is C=C(Nc1nccc(-c2c(-c3ccc(F)cc3)nc3cc(CNC(=O)CCN(C)C)ccn23)n1)c1ccccc1. The fraction of sp³-hybridized carbons (Fsp3) is 0.161. The van der Waals surface area contributed by atoms with Crippen LogP contribution in [0.5, 0.6) is 0 Å². The summed E-state index contributed by atoms with van der Waals surface area (Å²) in [4.78, 5) is 28.2. The molecular weight excluding hydrogens is 505 g/mol. The number of hydrogen-bond donors (Lipinski definition) is 2. The van der Waals surface area contributed by atoms with E-state index in [1.54, 1.807) is 18.3 Å². The number of halogens is 1. The van der Waals surface area contributed by atoms with Gasteiger partial charge in [0, 0.05) is 43.2 Å². The first-order valence-corrected chi connectivity index (χ1v) is 12.9. The van der Waals surface area contributed by atoms with Gasteiger partial charge < -0.3 is 15.5 Å². The third kappa shape index (κ3) is 6.22. The zero-order chi connectivity index (χ0) is 28.1. The molecule has 9 heteroatoms. The summed E-state index contributed by atoms with van der Waals surface area (Å²) in [7, 11) is 3.87. The van der Waals surface area contributed by atoms with Crippen LogP contribution in [0, 0.1) is 5.82 Å². The van der Waals surface area contributed by atoms with Crippen LogP contribution in [0.4, 0.5) is 10.3 Å². The number of carbonyl (C=O) groups is 1. The summed E-state index contributed by atoms with van der Waals surface area (Å²) in [6.07, 6.45) is 4.01. The van der Waals surface area contributed by atoms with Gasteiger partial charge in [0.2, 0.25) is 11.9 Å². The molecular formula is C31H30FN7O. The number of nitrogens with one attached hydrogen (secondary N) is 2. The molecule has 3 aromatic heterocycles. The van der Waals surface area contributed by atoms with E-state index >= 15 is 0 Å². The van der Waals surface area contributed by atoms with Crippen molar-refractivity contribution in [3.05, 3.63) is 109 Å². The van der Waals surface area contributed by atoms with Crippen LogP contribution in [0.3, 0.4) is 0 Å². The lowest BCUT2D eigenvalue weighted by molar-refractivity contribution is -0.121. The highest BCUT2D eigenvalue weighted by molar-refractivity contribution is 5.81. The molecule has 0 bridgehead atoms. The zero-order valence-corrected chi connectivity index (χ0v) is 22.4. The largest absolute Gasteiger partial charge is 0.352 e. The molecule has 0 fully saturated rings. The van der Waals surface area contributed by atoms with E-state index in [1.165, 1.54) is 12.1 Å². The Labute approximate surface area is 232 Å². The number of carbonyl (C=O) groups excluding carboxylic acids is 1. The number of rotatable bonds is 10. The number of benzene rings is 2. The van der Waals surface area contributed by atoms with Crippen molar-refractivity contribution in [2.75, 3.05) is 26.0 Å². The highest BCUT2D eigenvalue weighted by Gasteiger charge is 2.19. The predicted molar refractivity (Wildman–Crippen MR) is 156 cm³/mol. The second-order valence-corrected chi connectivity index (χ2v) is 9.64. The van der Waals surface area contributed by atoms with Crippen molar-refractivity contribution in [2.45, 2.75) is 13.0 Å². The molecule has 5 aromatic rings. The molecule has 0 radical (unpaired) electrons. The number of anilines is 1. The van der Waals surface area contributed by atoms with Gasteiger partial charge in [0.05, 0.1) is 17.1 Å². The van der Waals surface area contributed by atoms with Gasteiger partial charge in [-0.05, 0) is 67.7 Å². The van der Waals surface area contributed by atoms with Crippen LogP contribution in [0.1, 0.15) is 17.5 Å². The van der Waals surface area contributed by atoms with Crippen molar-refractivity contribution >= 4 is 23.2 Å². The number of pyridine rings is 1. The standard InChI is InChI=1S/C31H30FN7O/c1-21(23-7-5-4-6-8-23)35-31-33-16-13-26(36-31)30-29(24-9-11-25(32)12-10-24)37-27-19-22(14-18-39(27)30)20-34-28(40)15-17-38(2)3/h4-14,16,18-19H,1,15,17,20H2,2-3H3,(H,34,40)(H,33,35,36). The second-order valence-electron chi connectivity index (χ2n) is 9.64. The summed E-state index contributed by atoms with van der Waals surface area (Å²) in [5.41, 5.74) is 5.97. The Hall–Kier alpha value is -4.89. The maximum Gasteiger partial charge on any atom is 0.227 e. The number of fused-ring (bicyclic) bond motifs is 1. The molecule has 1 amide bonds. The van der Waals surface area contributed by atoms with Crippen LogP contribution in [0.2, 0.25) is 0 Å². The molecule has 8 nitrogen and oxygen atoms in total. The molecule has 2 aromatic carbocycles. The molecule has 0 spiro atoms. The summed E-state index contributed by atoms with van der Waals surface area (Å²) in [5.74, 6) is 0.0560. The monoisotopic (exact) mass is 535 g/mol. The second kappa shape index (κ2) is 11.9. The van der Waals surface area contributed by atoms with Crippen LogP contribution in [0.15, 0.2) is 91.8 Å². The van der Waals surface area contributed by atoms with Crippen LogP contribution in [-0.4, -0.2) is 50.8 Å². The van der Waals surface area contributed by atoms with Gasteiger partial charge in [-0.15, -0.1) is 0 Å². The van der Waals surface area contributed by atoms with Crippen molar-refractivity contribution in [3.63, 3.8) is 0 Å². The van der Waals surface area contributed by atoms with Crippen molar-refractivity contribution < 1.29 is 9.18 Å². The van der Waals surface area contributed by atoms with Gasteiger partial charge >= 0.3 is 0 Å².